The van der Waals surface area contributed by atoms with Crippen LogP contribution in [0.15, 0.2) is 28.7 Å². The Morgan fingerprint density at radius 3 is 2.86 bits per heavy atom. The first kappa shape index (κ1) is 11.3. The molecule has 0 heterocycles. The van der Waals surface area contributed by atoms with Crippen LogP contribution in [0.1, 0.15) is 15.9 Å². The highest BCUT2D eigenvalue weighted by molar-refractivity contribution is 9.10. The molecule has 1 rings (SSSR count). The molecule has 0 fully saturated rings. The lowest BCUT2D eigenvalue weighted by Crippen LogP contribution is -1.97. The molecule has 1 N–H and O–H groups in total. The Hall–Kier alpha value is -0.740. The van der Waals surface area contributed by atoms with Crippen LogP contribution in [0.3, 0.4) is 0 Å². The van der Waals surface area contributed by atoms with Crippen molar-refractivity contribution in [1.29, 1.82) is 0 Å². The number of hydrogen-bond acceptors (Lipinski definition) is 2. The van der Waals surface area contributed by atoms with Crippen LogP contribution in [0.4, 0.5) is 0 Å². The number of carboxylic acid groups (broad SMARTS) is 1. The van der Waals surface area contributed by atoms with Crippen molar-refractivity contribution in [2.24, 2.45) is 0 Å². The molecule has 0 unspecified atom stereocenters. The zero-order chi connectivity index (χ0) is 10.6. The maximum Gasteiger partial charge on any atom is 0.336 e. The quantitative estimate of drug-likeness (QED) is 0.830. The highest BCUT2D eigenvalue weighted by atomic mass is 79.9. The summed E-state index contributed by atoms with van der Waals surface area (Å²) in [5.74, 6) is -0.295. The third kappa shape index (κ3) is 2.89. The fraction of sp³-hybridized carbons (Fsp3) is 0.100. The molecule has 0 amide bonds. The molecule has 0 spiro atoms. The summed E-state index contributed by atoms with van der Waals surface area (Å²) in [5.41, 5.74) is 1.13. The molecule has 4 heteroatoms. The molecule has 0 aliphatic heterocycles. The number of halogens is 1. The summed E-state index contributed by atoms with van der Waals surface area (Å²) in [6, 6.07) is 5.18. The van der Waals surface area contributed by atoms with Crippen molar-refractivity contribution in [2.75, 3.05) is 5.75 Å². The monoisotopic (exact) mass is 272 g/mol. The molecule has 1 aromatic carbocycles. The first-order chi connectivity index (χ1) is 6.65. The standard InChI is InChI=1S/C10H9BrO2S/c11-9-4-3-7(2-1-5-14)6-8(9)10(12)13/h1-4,6,14H,5H2,(H,12,13). The Bertz CT molecular complexity index is 374. The van der Waals surface area contributed by atoms with Gasteiger partial charge in [0.1, 0.15) is 0 Å². The smallest absolute Gasteiger partial charge is 0.336 e. The van der Waals surface area contributed by atoms with E-state index in [0.29, 0.717) is 10.2 Å². The Morgan fingerprint density at radius 2 is 2.29 bits per heavy atom. The van der Waals surface area contributed by atoms with Gasteiger partial charge in [-0.3, -0.25) is 0 Å². The summed E-state index contributed by atoms with van der Waals surface area (Å²) in [7, 11) is 0. The molecule has 74 valence electrons. The van der Waals surface area contributed by atoms with Crippen LogP contribution in [0.2, 0.25) is 0 Å². The molecule has 0 aliphatic rings. The van der Waals surface area contributed by atoms with Gasteiger partial charge in [-0.2, -0.15) is 12.6 Å². The van der Waals surface area contributed by atoms with Gasteiger partial charge in [-0.05, 0) is 33.6 Å². The van der Waals surface area contributed by atoms with Gasteiger partial charge in [-0.1, -0.05) is 18.2 Å². The lowest BCUT2D eigenvalue weighted by atomic mass is 10.1. The first-order valence-electron chi connectivity index (χ1n) is 3.95. The third-order valence-electron chi connectivity index (χ3n) is 1.64. The van der Waals surface area contributed by atoms with Crippen LogP contribution < -0.4 is 0 Å². The minimum Gasteiger partial charge on any atom is -0.478 e. The normalized spacial score (nSPS) is 10.7. The summed E-state index contributed by atoms with van der Waals surface area (Å²) < 4.78 is 0.591. The second kappa shape index (κ2) is 5.22. The predicted octanol–water partition coefficient (Wildman–Crippen LogP) is 3.09. The van der Waals surface area contributed by atoms with E-state index in [4.69, 9.17) is 5.11 Å². The fourth-order valence-electron chi connectivity index (χ4n) is 0.999. The summed E-state index contributed by atoms with van der Waals surface area (Å²) in [5, 5.41) is 8.85. The Labute approximate surface area is 96.2 Å². The molecule has 14 heavy (non-hydrogen) atoms. The van der Waals surface area contributed by atoms with Crippen molar-refractivity contribution in [3.63, 3.8) is 0 Å². The number of rotatable bonds is 3. The molecule has 0 saturated heterocycles. The highest BCUT2D eigenvalue weighted by Crippen LogP contribution is 2.19. The minimum absolute atomic E-state index is 0.270. The van der Waals surface area contributed by atoms with Crippen molar-refractivity contribution in [2.45, 2.75) is 0 Å². The van der Waals surface area contributed by atoms with Gasteiger partial charge in [-0.25, -0.2) is 4.79 Å². The van der Waals surface area contributed by atoms with Crippen LogP contribution in [-0.4, -0.2) is 16.8 Å². The fourth-order valence-corrected chi connectivity index (χ4v) is 1.52. The maximum absolute atomic E-state index is 10.8. The number of carboxylic acids is 1. The average Bonchev–Trinajstić information content (AvgIpc) is 2.16. The minimum atomic E-state index is -0.932. The highest BCUT2D eigenvalue weighted by Gasteiger charge is 2.07. The van der Waals surface area contributed by atoms with Gasteiger partial charge in [-0.15, -0.1) is 0 Å². The van der Waals surface area contributed by atoms with E-state index in [1.54, 1.807) is 12.1 Å². The molecule has 2 nitrogen and oxygen atoms in total. The number of carbonyl (C=O) groups is 1. The van der Waals surface area contributed by atoms with Gasteiger partial charge in [0.2, 0.25) is 0 Å². The summed E-state index contributed by atoms with van der Waals surface area (Å²) in [4.78, 5) is 10.8. The zero-order valence-corrected chi connectivity index (χ0v) is 9.75. The second-order valence-corrected chi connectivity index (χ2v) is 3.85. The molecule has 0 bridgehead atoms. The summed E-state index contributed by atoms with van der Waals surface area (Å²) >= 11 is 7.20. The van der Waals surface area contributed by atoms with E-state index in [0.717, 1.165) is 5.56 Å². The molecule has 0 aromatic heterocycles. The lowest BCUT2D eigenvalue weighted by Gasteiger charge is -2.00. The number of hydrogen-bond donors (Lipinski definition) is 2. The number of thiol groups is 1. The Morgan fingerprint density at radius 1 is 1.57 bits per heavy atom. The SMILES string of the molecule is O=C(O)c1cc(C=CCS)ccc1Br. The van der Waals surface area contributed by atoms with Crippen LogP contribution >= 0.6 is 28.6 Å². The van der Waals surface area contributed by atoms with E-state index < -0.39 is 5.97 Å². The van der Waals surface area contributed by atoms with Crippen molar-refractivity contribution in [3.8, 4) is 0 Å². The van der Waals surface area contributed by atoms with Gasteiger partial charge >= 0.3 is 5.97 Å². The average molecular weight is 273 g/mol. The van der Waals surface area contributed by atoms with Gasteiger partial charge in [0.05, 0.1) is 5.56 Å². The molecule has 0 saturated carbocycles. The predicted molar refractivity (Wildman–Crippen MR) is 64.0 cm³/mol. The van der Waals surface area contributed by atoms with Crippen LogP contribution in [0.5, 0.6) is 0 Å². The van der Waals surface area contributed by atoms with E-state index in [1.807, 2.05) is 18.2 Å². The zero-order valence-electron chi connectivity index (χ0n) is 7.27. The van der Waals surface area contributed by atoms with E-state index in [9.17, 15) is 4.79 Å². The van der Waals surface area contributed by atoms with Gasteiger partial charge in [0.15, 0.2) is 0 Å². The molecule has 0 radical (unpaired) electrons. The molecule has 1 aromatic rings. The van der Waals surface area contributed by atoms with Crippen molar-refractivity contribution < 1.29 is 9.90 Å². The molecule has 0 aliphatic carbocycles. The topological polar surface area (TPSA) is 37.3 Å². The number of benzene rings is 1. The van der Waals surface area contributed by atoms with E-state index in [2.05, 4.69) is 28.6 Å². The molecule has 0 atom stereocenters. The Kier molecular flexibility index (Phi) is 4.22. The van der Waals surface area contributed by atoms with Crippen molar-refractivity contribution in [3.05, 3.63) is 39.9 Å². The van der Waals surface area contributed by atoms with Crippen molar-refractivity contribution in [1.82, 2.24) is 0 Å². The van der Waals surface area contributed by atoms with E-state index >= 15 is 0 Å². The van der Waals surface area contributed by atoms with Crippen LogP contribution in [0, 0.1) is 0 Å². The van der Waals surface area contributed by atoms with Gasteiger partial charge in [0, 0.05) is 10.2 Å². The lowest BCUT2D eigenvalue weighted by molar-refractivity contribution is 0.0696. The first-order valence-corrected chi connectivity index (χ1v) is 5.38. The van der Waals surface area contributed by atoms with Crippen LogP contribution in [-0.2, 0) is 0 Å². The maximum atomic E-state index is 10.8. The van der Waals surface area contributed by atoms with Crippen molar-refractivity contribution >= 4 is 40.6 Å². The van der Waals surface area contributed by atoms with Gasteiger partial charge in [0.25, 0.3) is 0 Å². The van der Waals surface area contributed by atoms with E-state index in [1.165, 1.54) is 0 Å². The Balaban J connectivity index is 3.06. The molecular weight excluding hydrogens is 264 g/mol. The van der Waals surface area contributed by atoms with Gasteiger partial charge < -0.3 is 5.11 Å². The largest absolute Gasteiger partial charge is 0.478 e. The number of aromatic carboxylic acids is 1. The van der Waals surface area contributed by atoms with Crippen LogP contribution in [0.25, 0.3) is 6.08 Å². The molecular formula is C10H9BrO2S. The summed E-state index contributed by atoms with van der Waals surface area (Å²) in [6.45, 7) is 0. The third-order valence-corrected chi connectivity index (χ3v) is 2.54. The summed E-state index contributed by atoms with van der Waals surface area (Å²) in [6.07, 6.45) is 3.70. The van der Waals surface area contributed by atoms with E-state index in [-0.39, 0.29) is 5.56 Å². The second-order valence-electron chi connectivity index (χ2n) is 2.63.